The monoisotopic (exact) mass is 286 g/mol. The van der Waals surface area contributed by atoms with E-state index in [1.807, 2.05) is 13.8 Å². The minimum Gasteiger partial charge on any atom is -0.329 e. The lowest BCUT2D eigenvalue weighted by atomic mass is 10.0. The summed E-state index contributed by atoms with van der Waals surface area (Å²) < 4.78 is 39.9. The Labute approximate surface area is 117 Å². The number of rotatable bonds is 6. The van der Waals surface area contributed by atoms with Crippen LogP contribution in [0, 0.1) is 23.4 Å². The summed E-state index contributed by atoms with van der Waals surface area (Å²) in [6, 6.07) is 2.02. The third kappa shape index (κ3) is 3.33. The summed E-state index contributed by atoms with van der Waals surface area (Å²) in [6.07, 6.45) is 2.37. The zero-order chi connectivity index (χ0) is 14.9. The molecule has 1 aliphatic carbocycles. The lowest BCUT2D eigenvalue weighted by Crippen LogP contribution is -2.40. The Morgan fingerprint density at radius 2 is 1.75 bits per heavy atom. The van der Waals surface area contributed by atoms with Gasteiger partial charge in [-0.25, -0.2) is 13.2 Å². The average Bonchev–Trinajstić information content (AvgIpc) is 3.19. The molecule has 1 saturated carbocycles. The van der Waals surface area contributed by atoms with E-state index >= 15 is 0 Å². The summed E-state index contributed by atoms with van der Waals surface area (Å²) in [5, 5.41) is 0. The summed E-state index contributed by atoms with van der Waals surface area (Å²) in [5.41, 5.74) is 6.20. The molecule has 5 heteroatoms. The van der Waals surface area contributed by atoms with Gasteiger partial charge in [0.15, 0.2) is 17.5 Å². The van der Waals surface area contributed by atoms with Crippen LogP contribution in [0.25, 0.3) is 0 Å². The minimum atomic E-state index is -1.43. The molecule has 1 aromatic rings. The van der Waals surface area contributed by atoms with Gasteiger partial charge in [0.2, 0.25) is 0 Å². The molecule has 1 fully saturated rings. The van der Waals surface area contributed by atoms with Crippen molar-refractivity contribution in [1.29, 1.82) is 0 Å². The van der Waals surface area contributed by atoms with E-state index in [0.29, 0.717) is 11.5 Å². The SMILES string of the molecule is CC(C)N(CC1CC1)C(CN)c1cc(F)c(F)c(F)c1. The first-order valence-corrected chi connectivity index (χ1v) is 7.04. The number of nitrogens with two attached hydrogens (primary N) is 1. The molecule has 2 N–H and O–H groups in total. The van der Waals surface area contributed by atoms with Crippen molar-refractivity contribution < 1.29 is 13.2 Å². The van der Waals surface area contributed by atoms with Gasteiger partial charge in [-0.15, -0.1) is 0 Å². The molecule has 1 aromatic carbocycles. The largest absolute Gasteiger partial charge is 0.329 e. The Hall–Kier alpha value is -1.07. The maximum Gasteiger partial charge on any atom is 0.194 e. The fourth-order valence-corrected chi connectivity index (χ4v) is 2.53. The van der Waals surface area contributed by atoms with Crippen molar-refractivity contribution in [2.24, 2.45) is 11.7 Å². The second kappa shape index (κ2) is 6.14. The van der Waals surface area contributed by atoms with Crippen LogP contribution in [-0.4, -0.2) is 24.0 Å². The van der Waals surface area contributed by atoms with Crippen molar-refractivity contribution in [3.05, 3.63) is 35.1 Å². The van der Waals surface area contributed by atoms with E-state index in [9.17, 15) is 13.2 Å². The first kappa shape index (κ1) is 15.3. The Balaban J connectivity index is 2.29. The number of hydrogen-bond donors (Lipinski definition) is 1. The fraction of sp³-hybridized carbons (Fsp3) is 0.600. The van der Waals surface area contributed by atoms with Crippen LogP contribution in [0.15, 0.2) is 12.1 Å². The van der Waals surface area contributed by atoms with Gasteiger partial charge in [-0.05, 0) is 50.3 Å². The van der Waals surface area contributed by atoms with E-state index in [0.717, 1.165) is 18.7 Å². The van der Waals surface area contributed by atoms with Gasteiger partial charge in [-0.2, -0.15) is 0 Å². The molecule has 0 aromatic heterocycles. The molecule has 2 nitrogen and oxygen atoms in total. The first-order valence-electron chi connectivity index (χ1n) is 7.04. The number of nitrogens with zero attached hydrogens (tertiary/aromatic N) is 1. The van der Waals surface area contributed by atoms with E-state index in [2.05, 4.69) is 4.90 Å². The maximum absolute atomic E-state index is 13.4. The number of halogens is 3. The van der Waals surface area contributed by atoms with Crippen LogP contribution in [0.2, 0.25) is 0 Å². The summed E-state index contributed by atoms with van der Waals surface area (Å²) in [6.45, 7) is 5.16. The molecular formula is C15H21F3N2. The van der Waals surface area contributed by atoms with Crippen LogP contribution in [0.1, 0.15) is 38.3 Å². The summed E-state index contributed by atoms with van der Waals surface area (Å²) in [7, 11) is 0. The van der Waals surface area contributed by atoms with Crippen LogP contribution in [-0.2, 0) is 0 Å². The van der Waals surface area contributed by atoms with E-state index < -0.39 is 17.5 Å². The highest BCUT2D eigenvalue weighted by Crippen LogP contribution is 2.34. The molecular weight excluding hydrogens is 265 g/mol. The highest BCUT2D eigenvalue weighted by Gasteiger charge is 2.30. The van der Waals surface area contributed by atoms with Gasteiger partial charge in [0, 0.05) is 25.2 Å². The quantitative estimate of drug-likeness (QED) is 0.814. The van der Waals surface area contributed by atoms with Gasteiger partial charge in [0.25, 0.3) is 0 Å². The molecule has 0 saturated heterocycles. The first-order chi connectivity index (χ1) is 9.43. The van der Waals surface area contributed by atoms with Crippen LogP contribution in [0.3, 0.4) is 0 Å². The molecule has 0 spiro atoms. The van der Waals surface area contributed by atoms with Gasteiger partial charge < -0.3 is 5.73 Å². The van der Waals surface area contributed by atoms with E-state index in [1.54, 1.807) is 0 Å². The van der Waals surface area contributed by atoms with Crippen LogP contribution >= 0.6 is 0 Å². The molecule has 1 unspecified atom stereocenters. The average molecular weight is 286 g/mol. The lowest BCUT2D eigenvalue weighted by Gasteiger charge is -2.34. The molecule has 0 amide bonds. The smallest absolute Gasteiger partial charge is 0.194 e. The zero-order valence-corrected chi connectivity index (χ0v) is 11.9. The molecule has 1 aliphatic rings. The Bertz CT molecular complexity index is 449. The molecule has 0 aliphatic heterocycles. The number of benzene rings is 1. The van der Waals surface area contributed by atoms with Crippen molar-refractivity contribution >= 4 is 0 Å². The Morgan fingerprint density at radius 1 is 1.20 bits per heavy atom. The lowest BCUT2D eigenvalue weighted by molar-refractivity contribution is 0.149. The van der Waals surface area contributed by atoms with Crippen molar-refractivity contribution in [3.63, 3.8) is 0 Å². The van der Waals surface area contributed by atoms with Crippen molar-refractivity contribution in [2.45, 2.75) is 38.8 Å². The maximum atomic E-state index is 13.4. The van der Waals surface area contributed by atoms with E-state index in [4.69, 9.17) is 5.73 Å². The normalized spacial score (nSPS) is 17.0. The zero-order valence-electron chi connectivity index (χ0n) is 11.9. The molecule has 20 heavy (non-hydrogen) atoms. The van der Waals surface area contributed by atoms with Crippen LogP contribution in [0.4, 0.5) is 13.2 Å². The molecule has 2 rings (SSSR count). The third-order valence-electron chi connectivity index (χ3n) is 3.84. The molecule has 0 bridgehead atoms. The molecule has 0 heterocycles. The highest BCUT2D eigenvalue weighted by atomic mass is 19.2. The standard InChI is InChI=1S/C15H21F3N2/c1-9(2)20(8-10-3-4-10)14(7-19)11-5-12(16)15(18)13(17)6-11/h5-6,9-10,14H,3-4,7-8,19H2,1-2H3. The summed E-state index contributed by atoms with van der Waals surface area (Å²) in [5.74, 6) is -3.11. The predicted molar refractivity (Wildman–Crippen MR) is 72.7 cm³/mol. The van der Waals surface area contributed by atoms with Crippen molar-refractivity contribution in [1.82, 2.24) is 4.90 Å². The van der Waals surface area contributed by atoms with E-state index in [1.165, 1.54) is 12.8 Å². The predicted octanol–water partition coefficient (Wildman–Crippen LogP) is 3.22. The summed E-state index contributed by atoms with van der Waals surface area (Å²) >= 11 is 0. The van der Waals surface area contributed by atoms with Crippen molar-refractivity contribution in [2.75, 3.05) is 13.1 Å². The molecule has 112 valence electrons. The van der Waals surface area contributed by atoms with Gasteiger partial charge in [-0.3, -0.25) is 4.90 Å². The second-order valence-electron chi connectivity index (χ2n) is 5.78. The van der Waals surface area contributed by atoms with Gasteiger partial charge in [0.05, 0.1) is 0 Å². The molecule has 1 atom stereocenters. The van der Waals surface area contributed by atoms with Crippen LogP contribution in [0.5, 0.6) is 0 Å². The fourth-order valence-electron chi connectivity index (χ4n) is 2.53. The second-order valence-corrected chi connectivity index (χ2v) is 5.78. The third-order valence-corrected chi connectivity index (χ3v) is 3.84. The van der Waals surface area contributed by atoms with Crippen molar-refractivity contribution in [3.8, 4) is 0 Å². The minimum absolute atomic E-state index is 0.209. The van der Waals surface area contributed by atoms with Gasteiger partial charge in [-0.1, -0.05) is 0 Å². The van der Waals surface area contributed by atoms with Gasteiger partial charge in [0.1, 0.15) is 0 Å². The van der Waals surface area contributed by atoms with Crippen LogP contribution < -0.4 is 5.73 Å². The highest BCUT2D eigenvalue weighted by molar-refractivity contribution is 5.23. The Morgan fingerprint density at radius 3 is 2.15 bits per heavy atom. The summed E-state index contributed by atoms with van der Waals surface area (Å²) in [4.78, 5) is 2.14. The van der Waals surface area contributed by atoms with E-state index in [-0.39, 0.29) is 18.6 Å². The number of hydrogen-bond acceptors (Lipinski definition) is 2. The van der Waals surface area contributed by atoms with Gasteiger partial charge >= 0.3 is 0 Å². The Kier molecular flexibility index (Phi) is 4.70. The molecule has 0 radical (unpaired) electrons. The topological polar surface area (TPSA) is 29.3 Å².